The molecule has 0 aliphatic rings. The molecule has 0 amide bonds. The summed E-state index contributed by atoms with van der Waals surface area (Å²) in [5.41, 5.74) is 6.56. The van der Waals surface area contributed by atoms with Crippen LogP contribution in [0.1, 0.15) is 26.0 Å². The van der Waals surface area contributed by atoms with E-state index >= 15 is 0 Å². The fraction of sp³-hybridized carbons (Fsp3) is 0.294. The van der Waals surface area contributed by atoms with Crippen molar-refractivity contribution in [2.75, 3.05) is 5.43 Å². The topological polar surface area (TPSA) is 68.0 Å². The summed E-state index contributed by atoms with van der Waals surface area (Å²) in [6, 6.07) is 7.48. The molecule has 0 saturated carbocycles. The van der Waals surface area contributed by atoms with Gasteiger partial charge < -0.3 is 0 Å². The summed E-state index contributed by atoms with van der Waals surface area (Å²) in [6.07, 6.45) is 3.55. The quantitative estimate of drug-likeness (QED) is 0.561. The highest BCUT2D eigenvalue weighted by molar-refractivity contribution is 6.30. The Morgan fingerprint density at radius 2 is 2.00 bits per heavy atom. The highest BCUT2D eigenvalue weighted by atomic mass is 35.5. The summed E-state index contributed by atoms with van der Waals surface area (Å²) >= 11 is 5.98. The van der Waals surface area contributed by atoms with Gasteiger partial charge in [0.1, 0.15) is 11.0 Å². The second-order valence-electron chi connectivity index (χ2n) is 5.42. The number of aryl methyl sites for hydroxylation is 2. The molecule has 2 aromatic heterocycles. The molecule has 1 N–H and O–H groups in total. The zero-order valence-electron chi connectivity index (χ0n) is 13.9. The molecule has 0 saturated heterocycles. The molecule has 0 atom stereocenters. The average molecular weight is 343 g/mol. The van der Waals surface area contributed by atoms with Crippen LogP contribution in [0, 0.1) is 0 Å². The number of fused-ring (bicyclic) bond motifs is 1. The molecule has 1 aromatic carbocycles. The van der Waals surface area contributed by atoms with Crippen LogP contribution in [-0.4, -0.2) is 26.0 Å². The lowest BCUT2D eigenvalue weighted by Crippen LogP contribution is -2.01. The lowest BCUT2D eigenvalue weighted by atomic mass is 10.2. The first-order valence-corrected chi connectivity index (χ1v) is 8.25. The summed E-state index contributed by atoms with van der Waals surface area (Å²) in [6.45, 7) is 3.97. The number of nitrogens with one attached hydrogen (secondary N) is 1. The molecule has 0 aliphatic heterocycles. The van der Waals surface area contributed by atoms with E-state index in [-0.39, 0.29) is 0 Å². The first-order chi connectivity index (χ1) is 11.6. The summed E-state index contributed by atoms with van der Waals surface area (Å²) in [5, 5.41) is 9.39. The van der Waals surface area contributed by atoms with Gasteiger partial charge in [-0.05, 0) is 37.6 Å². The van der Waals surface area contributed by atoms with Gasteiger partial charge in [0.15, 0.2) is 11.6 Å². The Kier molecular flexibility index (Phi) is 4.76. The Morgan fingerprint density at radius 3 is 2.67 bits per heavy atom. The number of hydrogen-bond donors (Lipinski definition) is 1. The number of hydrazone groups is 1. The van der Waals surface area contributed by atoms with Gasteiger partial charge in [0.25, 0.3) is 0 Å². The highest BCUT2D eigenvalue weighted by Gasteiger charge is 2.17. The predicted octanol–water partition coefficient (Wildman–Crippen LogP) is 4.05. The van der Waals surface area contributed by atoms with E-state index in [1.54, 1.807) is 10.9 Å². The van der Waals surface area contributed by atoms with Crippen molar-refractivity contribution in [1.82, 2.24) is 19.7 Å². The molecule has 3 aromatic rings. The van der Waals surface area contributed by atoms with Gasteiger partial charge in [-0.2, -0.15) is 10.2 Å². The third-order valence-electron chi connectivity index (χ3n) is 3.64. The Hall–Kier alpha value is -2.47. The zero-order chi connectivity index (χ0) is 17.1. The third kappa shape index (κ3) is 3.10. The molecule has 0 spiro atoms. The van der Waals surface area contributed by atoms with E-state index in [0.29, 0.717) is 16.7 Å². The van der Waals surface area contributed by atoms with Crippen molar-refractivity contribution < 1.29 is 0 Å². The average Bonchev–Trinajstić information content (AvgIpc) is 2.90. The number of aromatic nitrogens is 4. The number of nitrogens with zero attached hydrogens (tertiary/aromatic N) is 5. The SMILES string of the molecule is C/C=N/Nc1nc(-c2ccc(Cl)cc2)nc2c(CCC)nn(C)c12. The molecule has 7 heteroatoms. The van der Waals surface area contributed by atoms with E-state index < -0.39 is 0 Å². The summed E-state index contributed by atoms with van der Waals surface area (Å²) in [7, 11) is 1.90. The summed E-state index contributed by atoms with van der Waals surface area (Å²) < 4.78 is 1.81. The molecule has 6 nitrogen and oxygen atoms in total. The van der Waals surface area contributed by atoms with Crippen LogP contribution < -0.4 is 5.43 Å². The molecular formula is C17H19ClN6. The Morgan fingerprint density at radius 1 is 1.25 bits per heavy atom. The summed E-state index contributed by atoms with van der Waals surface area (Å²) in [4.78, 5) is 9.39. The Balaban J connectivity index is 2.23. The van der Waals surface area contributed by atoms with E-state index in [1.807, 2.05) is 38.2 Å². The molecule has 24 heavy (non-hydrogen) atoms. The normalized spacial score (nSPS) is 11.5. The van der Waals surface area contributed by atoms with Crippen molar-refractivity contribution in [3.8, 4) is 11.4 Å². The van der Waals surface area contributed by atoms with Crippen molar-refractivity contribution in [2.45, 2.75) is 26.7 Å². The number of hydrogen-bond acceptors (Lipinski definition) is 5. The molecule has 0 fully saturated rings. The molecule has 124 valence electrons. The molecule has 0 aliphatic carbocycles. The van der Waals surface area contributed by atoms with Crippen LogP contribution >= 0.6 is 11.6 Å². The number of rotatable bonds is 5. The molecule has 2 heterocycles. The lowest BCUT2D eigenvalue weighted by molar-refractivity contribution is 0.753. The van der Waals surface area contributed by atoms with Crippen molar-refractivity contribution in [2.24, 2.45) is 12.1 Å². The van der Waals surface area contributed by atoms with Crippen molar-refractivity contribution >= 4 is 34.7 Å². The first-order valence-electron chi connectivity index (χ1n) is 7.87. The second kappa shape index (κ2) is 6.97. The minimum absolute atomic E-state index is 0.623. The van der Waals surface area contributed by atoms with E-state index in [4.69, 9.17) is 16.6 Å². The van der Waals surface area contributed by atoms with Gasteiger partial charge in [0.2, 0.25) is 0 Å². The maximum Gasteiger partial charge on any atom is 0.176 e. The van der Waals surface area contributed by atoms with E-state index in [0.717, 1.165) is 35.1 Å². The van der Waals surface area contributed by atoms with Crippen molar-refractivity contribution in [1.29, 1.82) is 0 Å². The van der Waals surface area contributed by atoms with Crippen LogP contribution in [0.2, 0.25) is 5.02 Å². The van der Waals surface area contributed by atoms with Crippen molar-refractivity contribution in [3.63, 3.8) is 0 Å². The monoisotopic (exact) mass is 342 g/mol. The Labute approximate surface area is 145 Å². The molecule has 0 unspecified atom stereocenters. The van der Waals surface area contributed by atoms with E-state index in [2.05, 4.69) is 27.5 Å². The Bertz CT molecular complexity index is 882. The van der Waals surface area contributed by atoms with Gasteiger partial charge in [0.05, 0.1) is 5.69 Å². The zero-order valence-corrected chi connectivity index (χ0v) is 14.7. The van der Waals surface area contributed by atoms with Gasteiger partial charge in [-0.3, -0.25) is 10.1 Å². The fourth-order valence-electron chi connectivity index (χ4n) is 2.58. The maximum absolute atomic E-state index is 5.98. The predicted molar refractivity (Wildman–Crippen MR) is 98.5 cm³/mol. The standard InChI is InChI=1S/C17H19ClN6/c1-4-6-13-14-15(24(3)23-13)17(22-19-5-2)21-16(20-14)11-7-9-12(18)10-8-11/h5,7-10H,4,6H2,1-3H3,(H,20,21,22)/b19-5+. The van der Waals surface area contributed by atoms with Gasteiger partial charge >= 0.3 is 0 Å². The number of anilines is 1. The van der Waals surface area contributed by atoms with Crippen LogP contribution in [0.15, 0.2) is 29.4 Å². The number of benzene rings is 1. The minimum atomic E-state index is 0.623. The van der Waals surface area contributed by atoms with Crippen LogP contribution in [0.5, 0.6) is 0 Å². The van der Waals surface area contributed by atoms with Gasteiger partial charge in [-0.1, -0.05) is 24.9 Å². The van der Waals surface area contributed by atoms with Crippen LogP contribution in [-0.2, 0) is 13.5 Å². The van der Waals surface area contributed by atoms with E-state index in [9.17, 15) is 0 Å². The summed E-state index contributed by atoms with van der Waals surface area (Å²) in [5.74, 6) is 1.26. The highest BCUT2D eigenvalue weighted by Crippen LogP contribution is 2.28. The van der Waals surface area contributed by atoms with Crippen LogP contribution in [0.3, 0.4) is 0 Å². The fourth-order valence-corrected chi connectivity index (χ4v) is 2.70. The molecule has 0 bridgehead atoms. The maximum atomic E-state index is 5.98. The third-order valence-corrected chi connectivity index (χ3v) is 3.89. The molecular weight excluding hydrogens is 324 g/mol. The van der Waals surface area contributed by atoms with Crippen LogP contribution in [0.4, 0.5) is 5.82 Å². The second-order valence-corrected chi connectivity index (χ2v) is 5.86. The molecule has 3 rings (SSSR count). The smallest absolute Gasteiger partial charge is 0.176 e. The first kappa shape index (κ1) is 16.4. The lowest BCUT2D eigenvalue weighted by Gasteiger charge is -2.07. The van der Waals surface area contributed by atoms with Crippen LogP contribution in [0.25, 0.3) is 22.4 Å². The minimum Gasteiger partial charge on any atom is -0.262 e. The van der Waals surface area contributed by atoms with Gasteiger partial charge in [-0.25, -0.2) is 9.97 Å². The van der Waals surface area contributed by atoms with Crippen molar-refractivity contribution in [3.05, 3.63) is 35.0 Å². The number of halogens is 1. The molecule has 0 radical (unpaired) electrons. The van der Waals surface area contributed by atoms with Gasteiger partial charge in [-0.15, -0.1) is 0 Å². The van der Waals surface area contributed by atoms with Gasteiger partial charge in [0, 0.05) is 23.8 Å². The largest absolute Gasteiger partial charge is 0.262 e. The van der Waals surface area contributed by atoms with E-state index in [1.165, 1.54) is 0 Å².